The molecule has 1 N–H and O–H groups in total. The summed E-state index contributed by atoms with van der Waals surface area (Å²) in [5.74, 6) is 0.199. The summed E-state index contributed by atoms with van der Waals surface area (Å²) in [7, 11) is 0. The fourth-order valence-electron chi connectivity index (χ4n) is 2.57. The number of aromatic amines is 1. The minimum absolute atomic E-state index is 0.163. The summed E-state index contributed by atoms with van der Waals surface area (Å²) in [6, 6.07) is 13.2. The van der Waals surface area contributed by atoms with Gasteiger partial charge in [-0.25, -0.2) is 4.79 Å². The maximum absolute atomic E-state index is 11.9. The highest BCUT2D eigenvalue weighted by molar-refractivity contribution is 7.00. The maximum atomic E-state index is 11.9. The van der Waals surface area contributed by atoms with E-state index in [1.807, 2.05) is 42.5 Å². The molecule has 0 radical (unpaired) electrons. The minimum Gasteiger partial charge on any atom is -0.489 e. The predicted octanol–water partition coefficient (Wildman–Crippen LogP) is 3.23. The third kappa shape index (κ3) is 3.63. The van der Waals surface area contributed by atoms with E-state index >= 15 is 0 Å². The van der Waals surface area contributed by atoms with E-state index in [1.165, 1.54) is 11.7 Å². The topological polar surface area (TPSA) is 103 Å². The van der Waals surface area contributed by atoms with Crippen LogP contribution in [0, 0.1) is 0 Å². The molecule has 9 heteroatoms. The van der Waals surface area contributed by atoms with E-state index in [4.69, 9.17) is 9.47 Å². The molecular formula is C18H15N5O3S. The second-order valence-corrected chi connectivity index (χ2v) is 6.17. The second-order valence-electron chi connectivity index (χ2n) is 5.64. The summed E-state index contributed by atoms with van der Waals surface area (Å²) < 4.78 is 19.2. The van der Waals surface area contributed by atoms with Crippen LogP contribution in [0.4, 0.5) is 0 Å². The summed E-state index contributed by atoms with van der Waals surface area (Å²) in [5, 5.41) is 10.4. The first-order valence-electron chi connectivity index (χ1n) is 8.27. The summed E-state index contributed by atoms with van der Waals surface area (Å²) in [4.78, 5) is 11.9. The molecule has 2 aromatic carbocycles. The Morgan fingerprint density at radius 2 is 1.89 bits per heavy atom. The predicted molar refractivity (Wildman–Crippen MR) is 99.5 cm³/mol. The van der Waals surface area contributed by atoms with Gasteiger partial charge in [0.2, 0.25) is 0 Å². The van der Waals surface area contributed by atoms with E-state index in [1.54, 1.807) is 6.92 Å². The zero-order valence-electron chi connectivity index (χ0n) is 14.4. The smallest absolute Gasteiger partial charge is 0.361 e. The average molecular weight is 381 g/mol. The van der Waals surface area contributed by atoms with E-state index in [2.05, 4.69) is 24.2 Å². The van der Waals surface area contributed by atoms with E-state index in [0.29, 0.717) is 18.1 Å². The van der Waals surface area contributed by atoms with Gasteiger partial charge in [0, 0.05) is 5.56 Å². The van der Waals surface area contributed by atoms with Gasteiger partial charge < -0.3 is 9.47 Å². The standard InChI is InChI=1S/C18H15N5O3S/c1-2-25-18(24)17-16(19-23-20-17)12-4-6-13(7-5-12)26-10-11-3-8-14-15(9-11)22-27-21-14/h3-9H,2,10H2,1H3,(H,19,20,23). The molecule has 0 saturated carbocycles. The van der Waals surface area contributed by atoms with E-state index in [0.717, 1.165) is 22.2 Å². The lowest BCUT2D eigenvalue weighted by molar-refractivity contribution is 0.0520. The van der Waals surface area contributed by atoms with Crippen LogP contribution in [-0.4, -0.2) is 36.7 Å². The van der Waals surface area contributed by atoms with Gasteiger partial charge in [0.25, 0.3) is 0 Å². The number of carbonyl (C=O) groups excluding carboxylic acids is 1. The first kappa shape index (κ1) is 17.1. The van der Waals surface area contributed by atoms with Crippen LogP contribution < -0.4 is 4.74 Å². The van der Waals surface area contributed by atoms with Gasteiger partial charge in [-0.05, 0) is 48.9 Å². The molecule has 4 rings (SSSR count). The molecule has 27 heavy (non-hydrogen) atoms. The first-order valence-corrected chi connectivity index (χ1v) is 9.00. The zero-order valence-corrected chi connectivity index (χ0v) is 15.2. The molecule has 0 aliphatic carbocycles. The number of ether oxygens (including phenoxy) is 2. The summed E-state index contributed by atoms with van der Waals surface area (Å²) in [5.41, 5.74) is 4.12. The van der Waals surface area contributed by atoms with Gasteiger partial charge in [0.1, 0.15) is 29.1 Å². The Bertz CT molecular complexity index is 1070. The molecule has 0 amide bonds. The van der Waals surface area contributed by atoms with Crippen molar-refractivity contribution < 1.29 is 14.3 Å². The van der Waals surface area contributed by atoms with Crippen molar-refractivity contribution >= 4 is 28.7 Å². The number of fused-ring (bicyclic) bond motifs is 1. The van der Waals surface area contributed by atoms with Crippen molar-refractivity contribution in [2.45, 2.75) is 13.5 Å². The van der Waals surface area contributed by atoms with Gasteiger partial charge in [-0.2, -0.15) is 19.1 Å². The third-order valence-electron chi connectivity index (χ3n) is 3.87. The van der Waals surface area contributed by atoms with Crippen LogP contribution in [0.2, 0.25) is 0 Å². The maximum Gasteiger partial charge on any atom is 0.361 e. The van der Waals surface area contributed by atoms with Crippen LogP contribution in [0.3, 0.4) is 0 Å². The lowest BCUT2D eigenvalue weighted by Gasteiger charge is -2.07. The largest absolute Gasteiger partial charge is 0.489 e. The van der Waals surface area contributed by atoms with Gasteiger partial charge in [-0.15, -0.1) is 5.10 Å². The van der Waals surface area contributed by atoms with Crippen LogP contribution in [0.15, 0.2) is 42.5 Å². The molecule has 0 spiro atoms. The highest BCUT2D eigenvalue weighted by atomic mass is 32.1. The summed E-state index contributed by atoms with van der Waals surface area (Å²) >= 11 is 1.20. The number of nitrogens with zero attached hydrogens (tertiary/aromatic N) is 4. The molecule has 0 aliphatic heterocycles. The molecule has 2 aromatic heterocycles. The molecule has 0 saturated heterocycles. The number of esters is 1. The van der Waals surface area contributed by atoms with Crippen LogP contribution in [0.1, 0.15) is 23.0 Å². The number of benzene rings is 2. The van der Waals surface area contributed by atoms with Crippen molar-refractivity contribution in [2.75, 3.05) is 6.61 Å². The van der Waals surface area contributed by atoms with Crippen LogP contribution in [0.25, 0.3) is 22.3 Å². The Morgan fingerprint density at radius 3 is 2.70 bits per heavy atom. The van der Waals surface area contributed by atoms with Crippen LogP contribution in [0.5, 0.6) is 5.75 Å². The molecule has 4 aromatic rings. The molecule has 8 nitrogen and oxygen atoms in total. The fraction of sp³-hybridized carbons (Fsp3) is 0.167. The van der Waals surface area contributed by atoms with E-state index < -0.39 is 5.97 Å². The Hall–Kier alpha value is -3.33. The Labute approximate surface area is 158 Å². The number of H-pyrrole nitrogens is 1. The van der Waals surface area contributed by atoms with Gasteiger partial charge in [-0.3, -0.25) is 0 Å². The quantitative estimate of drug-likeness (QED) is 0.511. The molecule has 0 bridgehead atoms. The summed E-state index contributed by atoms with van der Waals surface area (Å²) in [6.07, 6.45) is 0. The van der Waals surface area contributed by atoms with E-state index in [-0.39, 0.29) is 12.3 Å². The third-order valence-corrected chi connectivity index (χ3v) is 4.42. The minimum atomic E-state index is -0.506. The van der Waals surface area contributed by atoms with Crippen molar-refractivity contribution in [2.24, 2.45) is 0 Å². The molecule has 0 atom stereocenters. The monoisotopic (exact) mass is 381 g/mol. The van der Waals surface area contributed by atoms with Crippen LogP contribution in [-0.2, 0) is 11.3 Å². The van der Waals surface area contributed by atoms with Gasteiger partial charge >= 0.3 is 5.97 Å². The van der Waals surface area contributed by atoms with Gasteiger partial charge in [0.15, 0.2) is 5.69 Å². The lowest BCUT2D eigenvalue weighted by atomic mass is 10.1. The molecule has 0 aliphatic rings. The van der Waals surface area contributed by atoms with Crippen molar-refractivity contribution in [3.63, 3.8) is 0 Å². The number of aromatic nitrogens is 5. The van der Waals surface area contributed by atoms with Crippen molar-refractivity contribution in [3.8, 4) is 17.0 Å². The highest BCUT2D eigenvalue weighted by Crippen LogP contribution is 2.24. The van der Waals surface area contributed by atoms with Gasteiger partial charge in [-0.1, -0.05) is 6.07 Å². The second kappa shape index (κ2) is 7.50. The number of hydrogen-bond acceptors (Lipinski definition) is 8. The molecule has 136 valence electrons. The Balaban J connectivity index is 1.46. The Kier molecular flexibility index (Phi) is 4.75. The fourth-order valence-corrected chi connectivity index (χ4v) is 3.08. The Morgan fingerprint density at radius 1 is 1.07 bits per heavy atom. The zero-order chi connectivity index (χ0) is 18.6. The number of rotatable bonds is 6. The average Bonchev–Trinajstić information content (AvgIpc) is 3.36. The number of carbonyl (C=O) groups is 1. The van der Waals surface area contributed by atoms with Gasteiger partial charge in [0.05, 0.1) is 18.3 Å². The SMILES string of the molecule is CCOC(=O)c1n[nH]nc1-c1ccc(OCc2ccc3nsnc3c2)cc1. The van der Waals surface area contributed by atoms with Crippen LogP contribution >= 0.6 is 11.7 Å². The molecular weight excluding hydrogens is 366 g/mol. The normalized spacial score (nSPS) is 10.9. The lowest BCUT2D eigenvalue weighted by Crippen LogP contribution is -2.06. The van der Waals surface area contributed by atoms with Crippen molar-refractivity contribution in [3.05, 3.63) is 53.7 Å². The molecule has 2 heterocycles. The molecule has 0 fully saturated rings. The van der Waals surface area contributed by atoms with Crippen molar-refractivity contribution in [1.82, 2.24) is 24.2 Å². The van der Waals surface area contributed by atoms with Crippen molar-refractivity contribution in [1.29, 1.82) is 0 Å². The highest BCUT2D eigenvalue weighted by Gasteiger charge is 2.18. The van der Waals surface area contributed by atoms with E-state index in [9.17, 15) is 4.79 Å². The number of nitrogens with one attached hydrogen (secondary N) is 1. The molecule has 0 unspecified atom stereocenters. The summed E-state index contributed by atoms with van der Waals surface area (Å²) in [6.45, 7) is 2.44. The first-order chi connectivity index (χ1) is 13.2. The number of hydrogen-bond donors (Lipinski definition) is 1.